The van der Waals surface area contributed by atoms with E-state index in [1.54, 1.807) is 12.3 Å². The lowest BCUT2D eigenvalue weighted by molar-refractivity contribution is 0.0698. The van der Waals surface area contributed by atoms with Gasteiger partial charge < -0.3 is 19.5 Å². The highest BCUT2D eigenvalue weighted by atomic mass is 19.1. The number of carboxylic acid groups (broad SMARTS) is 1. The quantitative estimate of drug-likeness (QED) is 0.735. The molecular weight excluding hydrogens is 357 g/mol. The van der Waals surface area contributed by atoms with E-state index in [4.69, 9.17) is 9.47 Å². The van der Waals surface area contributed by atoms with Crippen molar-refractivity contribution in [3.05, 3.63) is 47.7 Å². The molecular formula is C17H16FN5O4. The van der Waals surface area contributed by atoms with Gasteiger partial charge in [0.1, 0.15) is 17.2 Å². The van der Waals surface area contributed by atoms with Crippen molar-refractivity contribution in [2.75, 3.05) is 31.8 Å². The average Bonchev–Trinajstić information content (AvgIpc) is 3.11. The Balaban J connectivity index is 1.79. The number of aromatic nitrogens is 4. The zero-order valence-electron chi connectivity index (χ0n) is 14.4. The highest BCUT2D eigenvalue weighted by Gasteiger charge is 2.30. The minimum absolute atomic E-state index is 0.00617. The number of aromatic carboxylic acids is 1. The number of fused-ring (bicyclic) bond motifs is 1. The second-order valence-corrected chi connectivity index (χ2v) is 5.95. The van der Waals surface area contributed by atoms with Crippen molar-refractivity contribution in [1.82, 2.24) is 19.6 Å². The molecule has 0 spiro atoms. The number of halogens is 1. The summed E-state index contributed by atoms with van der Waals surface area (Å²) in [7, 11) is 1.47. The number of carboxylic acids is 1. The molecule has 1 saturated heterocycles. The van der Waals surface area contributed by atoms with Crippen molar-refractivity contribution in [3.8, 4) is 5.88 Å². The third-order valence-corrected chi connectivity index (χ3v) is 4.41. The number of pyridine rings is 1. The number of nitrogens with zero attached hydrogens (tertiary/aromatic N) is 5. The van der Waals surface area contributed by atoms with Crippen molar-refractivity contribution < 1.29 is 23.8 Å². The molecule has 140 valence electrons. The molecule has 0 aliphatic carbocycles. The minimum atomic E-state index is -1.11. The van der Waals surface area contributed by atoms with Crippen molar-refractivity contribution in [2.24, 2.45) is 0 Å². The van der Waals surface area contributed by atoms with Crippen LogP contribution in [0.1, 0.15) is 22.0 Å². The second-order valence-electron chi connectivity index (χ2n) is 5.95. The van der Waals surface area contributed by atoms with Gasteiger partial charge in [0.2, 0.25) is 5.88 Å². The zero-order chi connectivity index (χ0) is 19.0. The molecule has 4 rings (SSSR count). The molecule has 1 aliphatic heterocycles. The monoisotopic (exact) mass is 373 g/mol. The van der Waals surface area contributed by atoms with E-state index in [2.05, 4.69) is 15.1 Å². The Morgan fingerprint density at radius 3 is 3.07 bits per heavy atom. The molecule has 4 heterocycles. The first kappa shape index (κ1) is 17.2. The summed E-state index contributed by atoms with van der Waals surface area (Å²) in [6.07, 6.45) is 3.98. The lowest BCUT2D eigenvalue weighted by atomic mass is 10.1. The third kappa shape index (κ3) is 3.04. The number of morpholine rings is 1. The van der Waals surface area contributed by atoms with Crippen LogP contribution in [0.2, 0.25) is 0 Å². The van der Waals surface area contributed by atoms with Gasteiger partial charge in [0, 0.05) is 18.3 Å². The van der Waals surface area contributed by atoms with E-state index in [1.165, 1.54) is 23.9 Å². The van der Waals surface area contributed by atoms with Crippen LogP contribution in [-0.2, 0) is 4.74 Å². The first-order chi connectivity index (χ1) is 13.1. The molecule has 0 radical (unpaired) electrons. The van der Waals surface area contributed by atoms with E-state index in [1.807, 2.05) is 4.90 Å². The van der Waals surface area contributed by atoms with Crippen LogP contribution in [0.4, 0.5) is 10.2 Å². The van der Waals surface area contributed by atoms with Crippen molar-refractivity contribution in [3.63, 3.8) is 0 Å². The predicted molar refractivity (Wildman–Crippen MR) is 91.6 cm³/mol. The molecule has 3 aromatic heterocycles. The number of ether oxygens (including phenoxy) is 2. The molecule has 1 fully saturated rings. The van der Waals surface area contributed by atoms with Gasteiger partial charge in [-0.15, -0.1) is 0 Å². The fraction of sp³-hybridized carbons (Fsp3) is 0.294. The van der Waals surface area contributed by atoms with Crippen LogP contribution in [0.5, 0.6) is 5.88 Å². The van der Waals surface area contributed by atoms with Crippen LogP contribution < -0.4 is 9.64 Å². The van der Waals surface area contributed by atoms with E-state index in [9.17, 15) is 14.3 Å². The van der Waals surface area contributed by atoms with Crippen LogP contribution in [-0.4, -0.2) is 57.5 Å². The number of hydrogen-bond acceptors (Lipinski definition) is 7. The molecule has 1 atom stereocenters. The summed E-state index contributed by atoms with van der Waals surface area (Å²) in [5, 5.41) is 13.3. The van der Waals surface area contributed by atoms with Gasteiger partial charge in [-0.2, -0.15) is 5.10 Å². The normalized spacial score (nSPS) is 17.3. The van der Waals surface area contributed by atoms with E-state index < -0.39 is 11.8 Å². The summed E-state index contributed by atoms with van der Waals surface area (Å²) < 4.78 is 26.1. The Labute approximate surface area is 153 Å². The Morgan fingerprint density at radius 2 is 2.30 bits per heavy atom. The van der Waals surface area contributed by atoms with Crippen LogP contribution in [0.15, 0.2) is 30.7 Å². The SMILES string of the molecule is COc1ncc(F)cc1C1COCCN1c1ccn2ncc(C(=O)O)c2n1. The fourth-order valence-electron chi connectivity index (χ4n) is 3.16. The molecule has 9 nitrogen and oxygen atoms in total. The smallest absolute Gasteiger partial charge is 0.341 e. The number of hydrogen-bond donors (Lipinski definition) is 1. The van der Waals surface area contributed by atoms with Gasteiger partial charge in [0.15, 0.2) is 5.65 Å². The third-order valence-electron chi connectivity index (χ3n) is 4.41. The lowest BCUT2D eigenvalue weighted by Gasteiger charge is -2.37. The molecule has 0 bridgehead atoms. The summed E-state index contributed by atoms with van der Waals surface area (Å²) >= 11 is 0. The van der Waals surface area contributed by atoms with Crippen LogP contribution in [0.25, 0.3) is 5.65 Å². The highest BCUT2D eigenvalue weighted by molar-refractivity contribution is 5.94. The van der Waals surface area contributed by atoms with Crippen LogP contribution >= 0.6 is 0 Å². The maximum atomic E-state index is 13.8. The first-order valence-electron chi connectivity index (χ1n) is 8.20. The van der Waals surface area contributed by atoms with Crippen LogP contribution in [0, 0.1) is 5.82 Å². The molecule has 3 aromatic rings. The van der Waals surface area contributed by atoms with E-state index in [0.29, 0.717) is 37.0 Å². The molecule has 27 heavy (non-hydrogen) atoms. The standard InChI is InChI=1S/C17H16FN5O4/c1-26-16-11(6-10(18)7-19-16)13-9-27-5-4-22(13)14-2-3-23-15(21-14)12(8-20-23)17(24)25/h2-3,6-8,13H,4-5,9H2,1H3,(H,24,25). The fourth-order valence-corrected chi connectivity index (χ4v) is 3.16. The summed E-state index contributed by atoms with van der Waals surface area (Å²) in [6, 6.07) is 2.70. The van der Waals surface area contributed by atoms with Gasteiger partial charge in [-0.25, -0.2) is 23.7 Å². The number of rotatable bonds is 4. The van der Waals surface area contributed by atoms with E-state index in [-0.39, 0.29) is 17.3 Å². The number of anilines is 1. The molecule has 1 N–H and O–H groups in total. The molecule has 0 aromatic carbocycles. The Morgan fingerprint density at radius 1 is 1.44 bits per heavy atom. The molecule has 0 saturated carbocycles. The zero-order valence-corrected chi connectivity index (χ0v) is 14.4. The van der Waals surface area contributed by atoms with Gasteiger partial charge in [0.05, 0.1) is 38.8 Å². The van der Waals surface area contributed by atoms with E-state index >= 15 is 0 Å². The largest absolute Gasteiger partial charge is 0.481 e. The molecule has 10 heteroatoms. The highest BCUT2D eigenvalue weighted by Crippen LogP contribution is 2.33. The molecule has 1 unspecified atom stereocenters. The molecule has 0 amide bonds. The second kappa shape index (κ2) is 6.80. The summed E-state index contributed by atoms with van der Waals surface area (Å²) in [5.41, 5.74) is 0.770. The van der Waals surface area contributed by atoms with Crippen molar-refractivity contribution in [2.45, 2.75) is 6.04 Å². The summed E-state index contributed by atoms with van der Waals surface area (Å²) in [4.78, 5) is 21.8. The molecule has 1 aliphatic rings. The van der Waals surface area contributed by atoms with Gasteiger partial charge >= 0.3 is 5.97 Å². The Bertz CT molecular complexity index is 1010. The van der Waals surface area contributed by atoms with Crippen LogP contribution in [0.3, 0.4) is 0 Å². The topological polar surface area (TPSA) is 102 Å². The average molecular weight is 373 g/mol. The van der Waals surface area contributed by atoms with Gasteiger partial charge in [-0.1, -0.05) is 0 Å². The van der Waals surface area contributed by atoms with Gasteiger partial charge in [-0.05, 0) is 12.1 Å². The summed E-state index contributed by atoms with van der Waals surface area (Å²) in [6.45, 7) is 1.24. The van der Waals surface area contributed by atoms with Gasteiger partial charge in [-0.3, -0.25) is 0 Å². The first-order valence-corrected chi connectivity index (χ1v) is 8.20. The minimum Gasteiger partial charge on any atom is -0.481 e. The lowest BCUT2D eigenvalue weighted by Crippen LogP contribution is -2.40. The maximum Gasteiger partial charge on any atom is 0.341 e. The number of methoxy groups -OCH3 is 1. The number of carbonyl (C=O) groups is 1. The maximum absolute atomic E-state index is 13.8. The Kier molecular flexibility index (Phi) is 4.32. The van der Waals surface area contributed by atoms with Gasteiger partial charge in [0.25, 0.3) is 0 Å². The summed E-state index contributed by atoms with van der Waals surface area (Å²) in [5.74, 6) is -0.758. The van der Waals surface area contributed by atoms with Crippen molar-refractivity contribution in [1.29, 1.82) is 0 Å². The van der Waals surface area contributed by atoms with E-state index in [0.717, 1.165) is 6.20 Å². The Hall–Kier alpha value is -3.27. The van der Waals surface area contributed by atoms with Crippen molar-refractivity contribution >= 4 is 17.4 Å². The predicted octanol–water partition coefficient (Wildman–Crippen LogP) is 1.55.